The fraction of sp³-hybridized carbons (Fsp3) is 0.0952. The highest BCUT2D eigenvalue weighted by Crippen LogP contribution is 2.32. The van der Waals surface area contributed by atoms with Crippen LogP contribution in [-0.2, 0) is 0 Å². The van der Waals surface area contributed by atoms with Crippen molar-refractivity contribution >= 4 is 11.6 Å². The van der Waals surface area contributed by atoms with E-state index >= 15 is 0 Å². The lowest BCUT2D eigenvalue weighted by molar-refractivity contribution is 0.102. The average Bonchev–Trinajstić information content (AvgIpc) is 2.69. The monoisotopic (exact) mass is 331 g/mol. The fourth-order valence-electron chi connectivity index (χ4n) is 2.77. The Kier molecular flexibility index (Phi) is 4.09. The third-order valence-corrected chi connectivity index (χ3v) is 4.05. The van der Waals surface area contributed by atoms with Gasteiger partial charge in [-0.25, -0.2) is 0 Å². The van der Waals surface area contributed by atoms with E-state index in [4.69, 9.17) is 9.47 Å². The van der Waals surface area contributed by atoms with Crippen LogP contribution in [0, 0.1) is 0 Å². The standard InChI is InChI=1S/C21H17NO3/c23-21(22-18-10-11-19-20(14-18)25-13-12-24-19)17-8-6-16(7-9-17)15-4-2-1-3-5-15/h1-11,14H,12-13H2,(H,22,23). The molecule has 0 atom stereocenters. The maximum atomic E-state index is 12.4. The first-order valence-electron chi connectivity index (χ1n) is 8.16. The summed E-state index contributed by atoms with van der Waals surface area (Å²) in [6.45, 7) is 1.07. The molecule has 4 nitrogen and oxygen atoms in total. The molecule has 1 aliphatic rings. The fourth-order valence-corrected chi connectivity index (χ4v) is 2.77. The SMILES string of the molecule is O=C(Nc1ccc2c(c1)OCCO2)c1ccc(-c2ccccc2)cc1. The predicted octanol–water partition coefficient (Wildman–Crippen LogP) is 4.38. The Hall–Kier alpha value is -3.27. The zero-order valence-electron chi connectivity index (χ0n) is 13.6. The summed E-state index contributed by atoms with van der Waals surface area (Å²) in [6.07, 6.45) is 0. The summed E-state index contributed by atoms with van der Waals surface area (Å²) in [7, 11) is 0. The van der Waals surface area contributed by atoms with Gasteiger partial charge in [0.1, 0.15) is 13.2 Å². The molecule has 0 spiro atoms. The first kappa shape index (κ1) is 15.3. The molecule has 4 heteroatoms. The van der Waals surface area contributed by atoms with Gasteiger partial charge < -0.3 is 14.8 Å². The summed E-state index contributed by atoms with van der Waals surface area (Å²) in [5.41, 5.74) is 3.49. The van der Waals surface area contributed by atoms with Crippen molar-refractivity contribution in [3.05, 3.63) is 78.4 Å². The molecular weight excluding hydrogens is 314 g/mol. The Bertz CT molecular complexity index is 889. The Labute approximate surface area is 146 Å². The van der Waals surface area contributed by atoms with Crippen LogP contribution in [0.3, 0.4) is 0 Å². The number of ether oxygens (including phenoxy) is 2. The van der Waals surface area contributed by atoms with Crippen molar-refractivity contribution in [3.63, 3.8) is 0 Å². The first-order valence-corrected chi connectivity index (χ1v) is 8.16. The lowest BCUT2D eigenvalue weighted by atomic mass is 10.0. The van der Waals surface area contributed by atoms with Crippen molar-refractivity contribution in [2.45, 2.75) is 0 Å². The minimum absolute atomic E-state index is 0.156. The van der Waals surface area contributed by atoms with Crippen LogP contribution in [0.5, 0.6) is 11.5 Å². The second-order valence-corrected chi connectivity index (χ2v) is 5.76. The number of carbonyl (C=O) groups excluding carboxylic acids is 1. The highest BCUT2D eigenvalue weighted by molar-refractivity contribution is 6.04. The van der Waals surface area contributed by atoms with E-state index in [2.05, 4.69) is 5.32 Å². The summed E-state index contributed by atoms with van der Waals surface area (Å²) in [6, 6.07) is 23.0. The van der Waals surface area contributed by atoms with E-state index in [0.29, 0.717) is 36.0 Å². The van der Waals surface area contributed by atoms with Crippen molar-refractivity contribution in [2.24, 2.45) is 0 Å². The molecule has 0 saturated carbocycles. The van der Waals surface area contributed by atoms with E-state index in [9.17, 15) is 4.79 Å². The van der Waals surface area contributed by atoms with Crippen LogP contribution in [0.4, 0.5) is 5.69 Å². The van der Waals surface area contributed by atoms with E-state index in [1.54, 1.807) is 6.07 Å². The van der Waals surface area contributed by atoms with Crippen molar-refractivity contribution < 1.29 is 14.3 Å². The molecule has 0 saturated heterocycles. The number of benzene rings is 3. The van der Waals surface area contributed by atoms with Crippen molar-refractivity contribution in [1.29, 1.82) is 0 Å². The van der Waals surface area contributed by atoms with Crippen LogP contribution >= 0.6 is 0 Å². The van der Waals surface area contributed by atoms with Gasteiger partial charge in [-0.2, -0.15) is 0 Å². The van der Waals surface area contributed by atoms with Gasteiger partial charge in [-0.15, -0.1) is 0 Å². The van der Waals surface area contributed by atoms with Crippen LogP contribution in [0.2, 0.25) is 0 Å². The molecule has 1 amide bonds. The maximum absolute atomic E-state index is 12.4. The number of anilines is 1. The number of carbonyl (C=O) groups is 1. The molecule has 3 aromatic rings. The number of hydrogen-bond acceptors (Lipinski definition) is 3. The van der Waals surface area contributed by atoms with Gasteiger partial charge in [0.2, 0.25) is 0 Å². The third kappa shape index (κ3) is 3.33. The van der Waals surface area contributed by atoms with Crippen LogP contribution in [0.1, 0.15) is 10.4 Å². The summed E-state index contributed by atoms with van der Waals surface area (Å²) in [5, 5.41) is 2.89. The van der Waals surface area contributed by atoms with Crippen LogP contribution in [0.15, 0.2) is 72.8 Å². The molecular formula is C21H17NO3. The molecule has 0 bridgehead atoms. The second-order valence-electron chi connectivity index (χ2n) is 5.76. The number of amides is 1. The zero-order valence-corrected chi connectivity index (χ0v) is 13.6. The number of rotatable bonds is 3. The first-order chi connectivity index (χ1) is 12.3. The summed E-state index contributed by atoms with van der Waals surface area (Å²) in [5.74, 6) is 1.20. The van der Waals surface area contributed by atoms with Crippen molar-refractivity contribution in [3.8, 4) is 22.6 Å². The molecule has 124 valence electrons. The van der Waals surface area contributed by atoms with Gasteiger partial charge in [-0.3, -0.25) is 4.79 Å². The zero-order chi connectivity index (χ0) is 17.1. The lowest BCUT2D eigenvalue weighted by Gasteiger charge is -2.19. The topological polar surface area (TPSA) is 47.6 Å². The maximum Gasteiger partial charge on any atom is 0.255 e. The molecule has 0 unspecified atom stereocenters. The van der Waals surface area contributed by atoms with Gasteiger partial charge in [0.15, 0.2) is 11.5 Å². The molecule has 0 radical (unpaired) electrons. The van der Waals surface area contributed by atoms with E-state index in [0.717, 1.165) is 11.1 Å². The predicted molar refractivity (Wildman–Crippen MR) is 97.3 cm³/mol. The molecule has 0 fully saturated rings. The van der Waals surface area contributed by atoms with E-state index in [1.165, 1.54) is 0 Å². The van der Waals surface area contributed by atoms with Crippen molar-refractivity contribution in [1.82, 2.24) is 0 Å². The molecule has 3 aromatic carbocycles. The van der Waals surface area contributed by atoms with Gasteiger partial charge in [0.05, 0.1) is 0 Å². The summed E-state index contributed by atoms with van der Waals surface area (Å²) < 4.78 is 11.0. The lowest BCUT2D eigenvalue weighted by Crippen LogP contribution is -2.16. The van der Waals surface area contributed by atoms with Gasteiger partial charge in [0, 0.05) is 17.3 Å². The van der Waals surface area contributed by atoms with Gasteiger partial charge in [-0.05, 0) is 35.4 Å². The molecule has 25 heavy (non-hydrogen) atoms. The summed E-state index contributed by atoms with van der Waals surface area (Å²) in [4.78, 5) is 12.4. The Morgan fingerprint density at radius 3 is 2.20 bits per heavy atom. The van der Waals surface area contributed by atoms with Gasteiger partial charge in [-0.1, -0.05) is 42.5 Å². The Balaban J connectivity index is 1.49. The van der Waals surface area contributed by atoms with Crippen LogP contribution in [0.25, 0.3) is 11.1 Å². The van der Waals surface area contributed by atoms with Gasteiger partial charge in [0.25, 0.3) is 5.91 Å². The third-order valence-electron chi connectivity index (χ3n) is 4.05. The van der Waals surface area contributed by atoms with Crippen molar-refractivity contribution in [2.75, 3.05) is 18.5 Å². The molecule has 0 aromatic heterocycles. The molecule has 1 aliphatic heterocycles. The van der Waals surface area contributed by atoms with Crippen LogP contribution < -0.4 is 14.8 Å². The van der Waals surface area contributed by atoms with Gasteiger partial charge >= 0.3 is 0 Å². The number of hydrogen-bond donors (Lipinski definition) is 1. The molecule has 1 heterocycles. The minimum Gasteiger partial charge on any atom is -0.486 e. The highest BCUT2D eigenvalue weighted by atomic mass is 16.6. The van der Waals surface area contributed by atoms with E-state index in [-0.39, 0.29) is 5.91 Å². The Morgan fingerprint density at radius 2 is 1.44 bits per heavy atom. The Morgan fingerprint density at radius 1 is 0.760 bits per heavy atom. The smallest absolute Gasteiger partial charge is 0.255 e. The minimum atomic E-state index is -0.156. The summed E-state index contributed by atoms with van der Waals surface area (Å²) >= 11 is 0. The quantitative estimate of drug-likeness (QED) is 0.775. The normalized spacial score (nSPS) is 12.5. The van der Waals surface area contributed by atoms with E-state index < -0.39 is 0 Å². The molecule has 0 aliphatic carbocycles. The van der Waals surface area contributed by atoms with E-state index in [1.807, 2.05) is 66.7 Å². The van der Waals surface area contributed by atoms with Crippen LogP contribution in [-0.4, -0.2) is 19.1 Å². The number of nitrogens with one attached hydrogen (secondary N) is 1. The largest absolute Gasteiger partial charge is 0.486 e. The number of fused-ring (bicyclic) bond motifs is 1. The highest BCUT2D eigenvalue weighted by Gasteiger charge is 2.13. The molecule has 1 N–H and O–H groups in total. The molecule has 4 rings (SSSR count). The average molecular weight is 331 g/mol. The second kappa shape index (κ2) is 6.69.